The highest BCUT2D eigenvalue weighted by molar-refractivity contribution is 14.1. The van der Waals surface area contributed by atoms with E-state index < -0.39 is 8.07 Å². The Labute approximate surface area is 159 Å². The Bertz CT molecular complexity index is 698. The van der Waals surface area contributed by atoms with Crippen molar-refractivity contribution in [2.75, 3.05) is 0 Å². The number of hydrogen-bond donors (Lipinski definition) is 0. The van der Waals surface area contributed by atoms with Crippen LogP contribution < -0.4 is 15.6 Å². The second-order valence-corrected chi connectivity index (χ2v) is 11.8. The van der Waals surface area contributed by atoms with Crippen LogP contribution in [-0.4, -0.2) is 8.07 Å². The fraction of sp³-hybridized carbons (Fsp3) is 0.0909. The maximum absolute atomic E-state index is 2.59. The Kier molecular flexibility index (Phi) is 5.69. The van der Waals surface area contributed by atoms with Crippen molar-refractivity contribution in [2.45, 2.75) is 13.3 Å². The van der Waals surface area contributed by atoms with Crippen LogP contribution in [0.3, 0.4) is 0 Å². The first kappa shape index (κ1) is 17.2. The SMILES string of the molecule is CC/C=C(\I)[Si](c1ccccc1)(c1ccccc1)c1ccccc1. The van der Waals surface area contributed by atoms with Gasteiger partial charge in [0.2, 0.25) is 0 Å². The van der Waals surface area contributed by atoms with E-state index in [-0.39, 0.29) is 0 Å². The zero-order chi connectivity index (χ0) is 16.8. The van der Waals surface area contributed by atoms with Crippen LogP contribution in [0.2, 0.25) is 0 Å². The minimum Gasteiger partial charge on any atom is -0.0784 e. The lowest BCUT2D eigenvalue weighted by atomic mass is 10.3. The molecule has 0 aliphatic heterocycles. The van der Waals surface area contributed by atoms with Gasteiger partial charge in [-0.15, -0.1) is 0 Å². The number of allylic oxidation sites excluding steroid dienone is 1. The van der Waals surface area contributed by atoms with Crippen LogP contribution in [0.1, 0.15) is 13.3 Å². The summed E-state index contributed by atoms with van der Waals surface area (Å²) in [6, 6.07) is 33.1. The lowest BCUT2D eigenvalue weighted by Gasteiger charge is -2.34. The summed E-state index contributed by atoms with van der Waals surface area (Å²) in [7, 11) is -2.20. The summed E-state index contributed by atoms with van der Waals surface area (Å²) in [5.41, 5.74) is 0. The maximum Gasteiger partial charge on any atom is 0.185 e. The molecule has 0 atom stereocenters. The van der Waals surface area contributed by atoms with Gasteiger partial charge in [0.25, 0.3) is 0 Å². The molecule has 0 radical (unpaired) electrons. The summed E-state index contributed by atoms with van der Waals surface area (Å²) >= 11 is 2.59. The van der Waals surface area contributed by atoms with Gasteiger partial charge in [0.1, 0.15) is 0 Å². The predicted octanol–water partition coefficient (Wildman–Crippen LogP) is 4.42. The molecule has 0 heterocycles. The minimum absolute atomic E-state index is 1.06. The minimum atomic E-state index is -2.20. The molecule has 0 N–H and O–H groups in total. The Morgan fingerprint density at radius 3 is 1.33 bits per heavy atom. The van der Waals surface area contributed by atoms with Crippen molar-refractivity contribution in [2.24, 2.45) is 0 Å². The Balaban J connectivity index is 2.40. The van der Waals surface area contributed by atoms with E-state index in [1.54, 1.807) is 0 Å². The van der Waals surface area contributed by atoms with Crippen LogP contribution in [0.25, 0.3) is 0 Å². The van der Waals surface area contributed by atoms with Crippen molar-refractivity contribution < 1.29 is 0 Å². The lowest BCUT2D eigenvalue weighted by molar-refractivity contribution is 1.23. The molecule has 0 fully saturated rings. The molecule has 0 unspecified atom stereocenters. The first-order valence-electron chi connectivity index (χ1n) is 8.33. The molecule has 0 bridgehead atoms. The normalized spacial score (nSPS) is 12.2. The molecule has 3 aromatic carbocycles. The van der Waals surface area contributed by atoms with E-state index in [9.17, 15) is 0 Å². The molecule has 0 aliphatic carbocycles. The highest BCUT2D eigenvalue weighted by atomic mass is 127. The van der Waals surface area contributed by atoms with Gasteiger partial charge in [-0.25, -0.2) is 0 Å². The summed E-state index contributed by atoms with van der Waals surface area (Å²) < 4.78 is 1.48. The largest absolute Gasteiger partial charge is 0.185 e. The van der Waals surface area contributed by atoms with E-state index in [2.05, 4.69) is 127 Å². The number of benzene rings is 3. The second kappa shape index (κ2) is 7.95. The molecule has 3 aromatic rings. The van der Waals surface area contributed by atoms with Gasteiger partial charge < -0.3 is 0 Å². The zero-order valence-electron chi connectivity index (χ0n) is 13.8. The molecule has 0 saturated carbocycles. The third kappa shape index (κ3) is 3.13. The molecule has 0 spiro atoms. The summed E-state index contributed by atoms with van der Waals surface area (Å²) in [6.45, 7) is 2.22. The molecule has 0 amide bonds. The maximum atomic E-state index is 2.59. The fourth-order valence-electron chi connectivity index (χ4n) is 3.31. The van der Waals surface area contributed by atoms with Gasteiger partial charge in [-0.2, -0.15) is 0 Å². The molecule has 3 rings (SSSR count). The lowest BCUT2D eigenvalue weighted by Crippen LogP contribution is -2.67. The molecule has 0 nitrogen and oxygen atoms in total. The van der Waals surface area contributed by atoms with Crippen LogP contribution in [0.15, 0.2) is 100 Å². The quantitative estimate of drug-likeness (QED) is 0.313. The molecule has 2 heteroatoms. The molecule has 0 aromatic heterocycles. The van der Waals surface area contributed by atoms with Crippen LogP contribution in [0.4, 0.5) is 0 Å². The van der Waals surface area contributed by atoms with E-state index in [1.165, 1.54) is 18.8 Å². The Morgan fingerprint density at radius 2 is 1.04 bits per heavy atom. The molecular formula is C22H21ISi. The van der Waals surface area contributed by atoms with Crippen molar-refractivity contribution in [1.82, 2.24) is 0 Å². The van der Waals surface area contributed by atoms with E-state index in [0.29, 0.717) is 0 Å². The third-order valence-corrected chi connectivity index (χ3v) is 11.7. The van der Waals surface area contributed by atoms with Gasteiger partial charge in [0.15, 0.2) is 8.07 Å². The Hall–Kier alpha value is -1.65. The van der Waals surface area contributed by atoms with Gasteiger partial charge in [-0.3, -0.25) is 0 Å². The fourth-order valence-corrected chi connectivity index (χ4v) is 11.0. The number of hydrogen-bond acceptors (Lipinski definition) is 0. The zero-order valence-corrected chi connectivity index (χ0v) is 17.0. The van der Waals surface area contributed by atoms with Crippen molar-refractivity contribution >= 4 is 46.2 Å². The van der Waals surface area contributed by atoms with Gasteiger partial charge in [0.05, 0.1) is 0 Å². The van der Waals surface area contributed by atoms with Crippen molar-refractivity contribution in [1.29, 1.82) is 0 Å². The van der Waals surface area contributed by atoms with Crippen molar-refractivity contribution in [3.05, 3.63) is 100 Å². The van der Waals surface area contributed by atoms with Crippen molar-refractivity contribution in [3.8, 4) is 0 Å². The summed E-state index contributed by atoms with van der Waals surface area (Å²) in [4.78, 5) is 0. The topological polar surface area (TPSA) is 0 Å². The number of halogens is 1. The monoisotopic (exact) mass is 440 g/mol. The van der Waals surface area contributed by atoms with Gasteiger partial charge >= 0.3 is 0 Å². The summed E-state index contributed by atoms with van der Waals surface area (Å²) in [5.74, 6) is 0. The van der Waals surface area contributed by atoms with Gasteiger partial charge in [-0.1, -0.05) is 127 Å². The highest BCUT2D eigenvalue weighted by Gasteiger charge is 2.41. The van der Waals surface area contributed by atoms with E-state index >= 15 is 0 Å². The van der Waals surface area contributed by atoms with Crippen molar-refractivity contribution in [3.63, 3.8) is 0 Å². The van der Waals surface area contributed by atoms with Crippen LogP contribution in [-0.2, 0) is 0 Å². The predicted molar refractivity (Wildman–Crippen MR) is 116 cm³/mol. The van der Waals surface area contributed by atoms with Gasteiger partial charge in [0, 0.05) is 0 Å². The standard InChI is InChI=1S/C22H21ISi/c1-2-12-22(23)24(19-13-6-3-7-14-19,20-15-8-4-9-16-20)21-17-10-5-11-18-21/h3-18H,2H2,1H3/b22-12+. The molecule has 0 saturated heterocycles. The highest BCUT2D eigenvalue weighted by Crippen LogP contribution is 2.23. The first-order chi connectivity index (χ1) is 11.8. The van der Waals surface area contributed by atoms with E-state index in [0.717, 1.165) is 6.42 Å². The average molecular weight is 440 g/mol. The van der Waals surface area contributed by atoms with E-state index in [4.69, 9.17) is 0 Å². The first-order valence-corrected chi connectivity index (χ1v) is 11.4. The number of rotatable bonds is 5. The van der Waals surface area contributed by atoms with Crippen LogP contribution in [0, 0.1) is 0 Å². The van der Waals surface area contributed by atoms with E-state index in [1.807, 2.05) is 0 Å². The molecular weight excluding hydrogens is 419 g/mol. The molecule has 24 heavy (non-hydrogen) atoms. The smallest absolute Gasteiger partial charge is 0.0784 e. The molecule has 0 aliphatic rings. The van der Waals surface area contributed by atoms with Crippen LogP contribution >= 0.6 is 22.6 Å². The summed E-state index contributed by atoms with van der Waals surface area (Å²) in [5, 5.41) is 4.32. The Morgan fingerprint density at radius 1 is 0.708 bits per heavy atom. The van der Waals surface area contributed by atoms with Crippen LogP contribution in [0.5, 0.6) is 0 Å². The second-order valence-electron chi connectivity index (χ2n) is 5.81. The summed E-state index contributed by atoms with van der Waals surface area (Å²) in [6.07, 6.45) is 3.46. The average Bonchev–Trinajstić information content (AvgIpc) is 2.65. The van der Waals surface area contributed by atoms with Gasteiger partial charge in [-0.05, 0) is 25.2 Å². The molecule has 120 valence electrons. The third-order valence-electron chi connectivity index (χ3n) is 4.36.